The van der Waals surface area contributed by atoms with Crippen molar-refractivity contribution >= 4 is 18.3 Å². The fourth-order valence-corrected chi connectivity index (χ4v) is 2.42. The van der Waals surface area contributed by atoms with Crippen LogP contribution < -0.4 is 5.73 Å². The van der Waals surface area contributed by atoms with Crippen LogP contribution in [0.25, 0.3) is 0 Å². The molecule has 1 atom stereocenters. The number of benzene rings is 1. The summed E-state index contributed by atoms with van der Waals surface area (Å²) in [5, 5.41) is 0. The maximum Gasteiger partial charge on any atom is 0.416 e. The monoisotopic (exact) mass is 350 g/mol. The lowest BCUT2D eigenvalue weighted by atomic mass is 10.1. The van der Waals surface area contributed by atoms with Crippen molar-refractivity contribution in [2.75, 3.05) is 0 Å². The fraction of sp³-hybridized carbons (Fsp3) is 0.562. The molecule has 1 amide bonds. The number of hydrogen-bond donors (Lipinski definition) is 1. The largest absolute Gasteiger partial charge is 0.416 e. The van der Waals surface area contributed by atoms with E-state index in [-0.39, 0.29) is 24.4 Å². The van der Waals surface area contributed by atoms with Crippen molar-refractivity contribution in [3.63, 3.8) is 0 Å². The molecule has 0 radical (unpaired) electrons. The van der Waals surface area contributed by atoms with Gasteiger partial charge in [0.05, 0.1) is 11.6 Å². The molecule has 7 heteroatoms. The van der Waals surface area contributed by atoms with Gasteiger partial charge in [-0.05, 0) is 37.0 Å². The van der Waals surface area contributed by atoms with E-state index < -0.39 is 17.8 Å². The number of carbonyl (C=O) groups is 1. The predicted molar refractivity (Wildman–Crippen MR) is 85.1 cm³/mol. The Morgan fingerprint density at radius 2 is 1.87 bits per heavy atom. The van der Waals surface area contributed by atoms with Crippen molar-refractivity contribution in [2.24, 2.45) is 5.73 Å². The number of alkyl halides is 3. The van der Waals surface area contributed by atoms with Crippen LogP contribution in [0.1, 0.15) is 43.7 Å². The van der Waals surface area contributed by atoms with Gasteiger partial charge in [-0.2, -0.15) is 13.2 Å². The van der Waals surface area contributed by atoms with Gasteiger partial charge in [-0.1, -0.05) is 25.5 Å². The molecule has 1 saturated carbocycles. The van der Waals surface area contributed by atoms with Crippen LogP contribution in [0.2, 0.25) is 0 Å². The highest BCUT2D eigenvalue weighted by Crippen LogP contribution is 2.31. The van der Waals surface area contributed by atoms with Crippen LogP contribution in [0.5, 0.6) is 0 Å². The Bertz CT molecular complexity index is 515. The molecule has 0 heterocycles. The highest BCUT2D eigenvalue weighted by molar-refractivity contribution is 5.85. The lowest BCUT2D eigenvalue weighted by molar-refractivity contribution is -0.137. The predicted octanol–water partition coefficient (Wildman–Crippen LogP) is 3.75. The quantitative estimate of drug-likeness (QED) is 0.849. The molecule has 130 valence electrons. The van der Waals surface area contributed by atoms with Gasteiger partial charge in [0.2, 0.25) is 5.91 Å². The molecular weight excluding hydrogens is 329 g/mol. The second-order valence-electron chi connectivity index (χ2n) is 5.79. The molecule has 1 aliphatic rings. The highest BCUT2D eigenvalue weighted by atomic mass is 35.5. The molecule has 3 nitrogen and oxygen atoms in total. The summed E-state index contributed by atoms with van der Waals surface area (Å²) in [5.74, 6) is -0.107. The molecule has 1 aromatic carbocycles. The van der Waals surface area contributed by atoms with Crippen LogP contribution in [0.4, 0.5) is 13.2 Å². The molecule has 0 aliphatic heterocycles. The summed E-state index contributed by atoms with van der Waals surface area (Å²) >= 11 is 0. The number of carbonyl (C=O) groups excluding carboxylic acids is 1. The third kappa shape index (κ3) is 5.39. The van der Waals surface area contributed by atoms with E-state index in [9.17, 15) is 18.0 Å². The average molecular weight is 351 g/mol. The third-order valence-electron chi connectivity index (χ3n) is 3.82. The maximum atomic E-state index is 12.6. The normalized spacial score (nSPS) is 15.7. The zero-order chi connectivity index (χ0) is 16.3. The Labute approximate surface area is 140 Å². The Hall–Kier alpha value is -1.27. The van der Waals surface area contributed by atoms with Gasteiger partial charge >= 0.3 is 6.18 Å². The van der Waals surface area contributed by atoms with Gasteiger partial charge in [-0.15, -0.1) is 12.4 Å². The van der Waals surface area contributed by atoms with E-state index in [1.54, 1.807) is 4.90 Å². The lowest BCUT2D eigenvalue weighted by Crippen LogP contribution is -2.44. The van der Waals surface area contributed by atoms with Crippen molar-refractivity contribution in [1.29, 1.82) is 0 Å². The van der Waals surface area contributed by atoms with Gasteiger partial charge in [0.15, 0.2) is 0 Å². The summed E-state index contributed by atoms with van der Waals surface area (Å²) in [6.07, 6.45) is -1.02. The molecule has 1 unspecified atom stereocenters. The van der Waals surface area contributed by atoms with Gasteiger partial charge < -0.3 is 10.6 Å². The molecule has 0 bridgehead atoms. The number of amides is 1. The zero-order valence-corrected chi connectivity index (χ0v) is 13.8. The smallest absolute Gasteiger partial charge is 0.334 e. The van der Waals surface area contributed by atoms with Crippen molar-refractivity contribution in [3.8, 4) is 0 Å². The van der Waals surface area contributed by atoms with Gasteiger partial charge in [0.1, 0.15) is 0 Å². The Balaban J connectivity index is 0.00000264. The number of rotatable bonds is 6. The molecule has 1 aliphatic carbocycles. The van der Waals surface area contributed by atoms with E-state index >= 15 is 0 Å². The first-order valence-corrected chi connectivity index (χ1v) is 7.55. The highest BCUT2D eigenvalue weighted by Gasteiger charge is 2.35. The molecule has 2 rings (SSSR count). The topological polar surface area (TPSA) is 46.3 Å². The SMILES string of the molecule is CCCC(N)C(=O)N(Cc1ccc(C(F)(F)F)cc1)C1CC1.Cl. The van der Waals surface area contributed by atoms with Crippen molar-refractivity contribution in [2.45, 2.75) is 57.4 Å². The van der Waals surface area contributed by atoms with Crippen LogP contribution in [-0.2, 0) is 17.5 Å². The molecular formula is C16H22ClF3N2O. The molecule has 0 aromatic heterocycles. The summed E-state index contributed by atoms with van der Waals surface area (Å²) in [6.45, 7) is 2.28. The third-order valence-corrected chi connectivity index (χ3v) is 3.82. The minimum absolute atomic E-state index is 0. The first kappa shape index (κ1) is 19.8. The Kier molecular flexibility index (Phi) is 6.89. The van der Waals surface area contributed by atoms with Crippen LogP contribution in [-0.4, -0.2) is 22.9 Å². The van der Waals surface area contributed by atoms with Gasteiger partial charge in [-0.25, -0.2) is 0 Å². The Morgan fingerprint density at radius 1 is 1.30 bits per heavy atom. The zero-order valence-electron chi connectivity index (χ0n) is 13.0. The summed E-state index contributed by atoms with van der Waals surface area (Å²) in [4.78, 5) is 14.1. The second-order valence-corrected chi connectivity index (χ2v) is 5.79. The van der Waals surface area contributed by atoms with E-state index in [1.165, 1.54) is 12.1 Å². The van der Waals surface area contributed by atoms with Gasteiger partial charge in [-0.3, -0.25) is 4.79 Å². The van der Waals surface area contributed by atoms with Crippen LogP contribution in [0.3, 0.4) is 0 Å². The van der Waals surface area contributed by atoms with Crippen LogP contribution >= 0.6 is 12.4 Å². The van der Waals surface area contributed by atoms with E-state index in [0.29, 0.717) is 18.5 Å². The van der Waals surface area contributed by atoms with E-state index in [2.05, 4.69) is 0 Å². The van der Waals surface area contributed by atoms with Gasteiger partial charge in [0, 0.05) is 12.6 Å². The van der Waals surface area contributed by atoms with Gasteiger partial charge in [0.25, 0.3) is 0 Å². The number of halogens is 4. The first-order chi connectivity index (χ1) is 10.3. The average Bonchev–Trinajstić information content (AvgIpc) is 3.28. The summed E-state index contributed by atoms with van der Waals surface area (Å²) in [6, 6.07) is 4.61. The molecule has 0 saturated heterocycles. The summed E-state index contributed by atoms with van der Waals surface area (Å²) < 4.78 is 37.7. The molecule has 1 aromatic rings. The molecule has 2 N–H and O–H groups in total. The van der Waals surface area contributed by atoms with Crippen molar-refractivity contribution < 1.29 is 18.0 Å². The number of hydrogen-bond acceptors (Lipinski definition) is 2. The second kappa shape index (κ2) is 8.02. The van der Waals surface area contributed by atoms with Crippen molar-refractivity contribution in [1.82, 2.24) is 4.90 Å². The molecule has 1 fully saturated rings. The number of nitrogens with two attached hydrogens (primary N) is 1. The minimum Gasteiger partial charge on any atom is -0.334 e. The number of nitrogens with zero attached hydrogens (tertiary/aromatic N) is 1. The standard InChI is InChI=1S/C16H21F3N2O.ClH/c1-2-3-14(20)15(22)21(13-8-9-13)10-11-4-6-12(7-5-11)16(17,18)19;/h4-7,13-14H,2-3,8-10,20H2,1H3;1H. The Morgan fingerprint density at radius 3 is 2.30 bits per heavy atom. The molecule has 23 heavy (non-hydrogen) atoms. The van der Waals surface area contributed by atoms with Crippen molar-refractivity contribution in [3.05, 3.63) is 35.4 Å². The van der Waals surface area contributed by atoms with Crippen LogP contribution in [0.15, 0.2) is 24.3 Å². The summed E-state index contributed by atoms with van der Waals surface area (Å²) in [7, 11) is 0. The minimum atomic E-state index is -4.34. The summed E-state index contributed by atoms with van der Waals surface area (Å²) in [5.41, 5.74) is 5.90. The van der Waals surface area contributed by atoms with E-state index in [4.69, 9.17) is 5.73 Å². The van der Waals surface area contributed by atoms with E-state index in [0.717, 1.165) is 31.4 Å². The van der Waals surface area contributed by atoms with E-state index in [1.807, 2.05) is 6.92 Å². The first-order valence-electron chi connectivity index (χ1n) is 7.55. The lowest BCUT2D eigenvalue weighted by Gasteiger charge is -2.26. The molecule has 0 spiro atoms. The fourth-order valence-electron chi connectivity index (χ4n) is 2.42. The maximum absolute atomic E-state index is 12.6. The van der Waals surface area contributed by atoms with Crippen LogP contribution in [0, 0.1) is 0 Å².